The van der Waals surface area contributed by atoms with Gasteiger partial charge in [-0.3, -0.25) is 9.52 Å². The molecule has 1 aliphatic rings. The van der Waals surface area contributed by atoms with Gasteiger partial charge in [0.15, 0.2) is 0 Å². The Bertz CT molecular complexity index is 1060. The van der Waals surface area contributed by atoms with Crippen molar-refractivity contribution in [1.29, 1.82) is 0 Å². The van der Waals surface area contributed by atoms with E-state index in [9.17, 15) is 13.2 Å². The Labute approximate surface area is 162 Å². The molecule has 27 heavy (non-hydrogen) atoms. The minimum atomic E-state index is -3.64. The molecule has 0 aliphatic carbocycles. The number of sulfonamides is 1. The summed E-state index contributed by atoms with van der Waals surface area (Å²) >= 11 is 1.74. The molecule has 1 aromatic heterocycles. The van der Waals surface area contributed by atoms with Crippen LogP contribution in [0.3, 0.4) is 0 Å². The predicted molar refractivity (Wildman–Crippen MR) is 106 cm³/mol. The van der Waals surface area contributed by atoms with E-state index in [0.29, 0.717) is 24.3 Å². The number of hydrogen-bond donors (Lipinski definition) is 1. The third-order valence-electron chi connectivity index (χ3n) is 4.53. The van der Waals surface area contributed by atoms with Gasteiger partial charge in [0, 0.05) is 29.2 Å². The third-order valence-corrected chi connectivity index (χ3v) is 6.95. The Morgan fingerprint density at radius 2 is 1.74 bits per heavy atom. The molecule has 1 aliphatic heterocycles. The Kier molecular flexibility index (Phi) is 4.72. The molecular formula is C20H18N2O3S2. The van der Waals surface area contributed by atoms with Crippen molar-refractivity contribution in [2.24, 2.45) is 0 Å². The molecule has 0 fully saturated rings. The summed E-state index contributed by atoms with van der Waals surface area (Å²) in [5.74, 6) is -0.0377. The standard InChI is InChI=1S/C20H18N2O3S2/c23-20(22-12-10-19-16(14-22)11-13-26-19)15-6-8-17(9-7-15)21-27(24,25)18-4-2-1-3-5-18/h1-9,11,13,21H,10,12,14H2. The van der Waals surface area contributed by atoms with Gasteiger partial charge < -0.3 is 4.90 Å². The van der Waals surface area contributed by atoms with Crippen LogP contribution in [0.2, 0.25) is 0 Å². The first-order valence-electron chi connectivity index (χ1n) is 8.55. The van der Waals surface area contributed by atoms with Crippen LogP contribution in [-0.4, -0.2) is 25.8 Å². The van der Waals surface area contributed by atoms with Crippen LogP contribution >= 0.6 is 11.3 Å². The highest BCUT2D eigenvalue weighted by Gasteiger charge is 2.22. The van der Waals surface area contributed by atoms with Gasteiger partial charge >= 0.3 is 0 Å². The molecule has 0 saturated heterocycles. The average molecular weight is 399 g/mol. The van der Waals surface area contributed by atoms with E-state index in [1.54, 1.807) is 53.8 Å². The molecule has 0 saturated carbocycles. The topological polar surface area (TPSA) is 66.5 Å². The van der Waals surface area contributed by atoms with Crippen LogP contribution in [0.25, 0.3) is 0 Å². The van der Waals surface area contributed by atoms with Gasteiger partial charge in [-0.1, -0.05) is 18.2 Å². The summed E-state index contributed by atoms with van der Waals surface area (Å²) in [6.45, 7) is 1.33. The lowest BCUT2D eigenvalue weighted by Crippen LogP contribution is -2.35. The van der Waals surface area contributed by atoms with Gasteiger partial charge in [-0.15, -0.1) is 11.3 Å². The second-order valence-corrected chi connectivity index (χ2v) is 9.02. The van der Waals surface area contributed by atoms with Crippen LogP contribution in [0, 0.1) is 0 Å². The number of carbonyl (C=O) groups excluding carboxylic acids is 1. The molecule has 4 rings (SSSR count). The van der Waals surface area contributed by atoms with Crippen molar-refractivity contribution in [2.45, 2.75) is 17.9 Å². The number of fused-ring (bicyclic) bond motifs is 1. The number of carbonyl (C=O) groups is 1. The maximum atomic E-state index is 12.7. The molecular weight excluding hydrogens is 380 g/mol. The molecule has 0 spiro atoms. The van der Waals surface area contributed by atoms with Gasteiger partial charge in [0.25, 0.3) is 15.9 Å². The summed E-state index contributed by atoms with van der Waals surface area (Å²) in [4.78, 5) is 16.1. The fraction of sp³-hybridized carbons (Fsp3) is 0.150. The quantitative estimate of drug-likeness (QED) is 0.728. The maximum absolute atomic E-state index is 12.7. The molecule has 2 heterocycles. The van der Waals surface area contributed by atoms with Crippen LogP contribution in [0.1, 0.15) is 20.8 Å². The average Bonchev–Trinajstić information content (AvgIpc) is 3.16. The summed E-state index contributed by atoms with van der Waals surface area (Å²) in [6, 6.07) is 16.8. The summed E-state index contributed by atoms with van der Waals surface area (Å²) in [7, 11) is -3.64. The molecule has 1 N–H and O–H groups in total. The van der Waals surface area contributed by atoms with Gasteiger partial charge in [-0.2, -0.15) is 0 Å². The minimum Gasteiger partial charge on any atom is -0.334 e. The lowest BCUT2D eigenvalue weighted by molar-refractivity contribution is 0.0736. The molecule has 0 bridgehead atoms. The minimum absolute atomic E-state index is 0.0377. The van der Waals surface area contributed by atoms with Crippen molar-refractivity contribution in [2.75, 3.05) is 11.3 Å². The number of amides is 1. The van der Waals surface area contributed by atoms with Gasteiger partial charge in [0.05, 0.1) is 4.90 Å². The molecule has 0 unspecified atom stereocenters. The van der Waals surface area contributed by atoms with Crippen molar-refractivity contribution in [3.05, 3.63) is 82.0 Å². The molecule has 0 radical (unpaired) electrons. The SMILES string of the molecule is O=C(c1ccc(NS(=O)(=O)c2ccccc2)cc1)N1CCc2sccc2C1. The van der Waals surface area contributed by atoms with E-state index in [1.807, 2.05) is 4.90 Å². The van der Waals surface area contributed by atoms with Crippen molar-refractivity contribution >= 4 is 33.0 Å². The smallest absolute Gasteiger partial charge is 0.261 e. The normalized spacial score (nSPS) is 13.9. The van der Waals surface area contributed by atoms with Crippen LogP contribution in [0.15, 0.2) is 70.9 Å². The molecule has 2 aromatic carbocycles. The second kappa shape index (κ2) is 7.17. The van der Waals surface area contributed by atoms with E-state index in [2.05, 4.69) is 16.2 Å². The highest BCUT2D eigenvalue weighted by molar-refractivity contribution is 7.92. The first-order valence-corrected chi connectivity index (χ1v) is 10.9. The Morgan fingerprint density at radius 1 is 1.00 bits per heavy atom. The van der Waals surface area contributed by atoms with Crippen molar-refractivity contribution < 1.29 is 13.2 Å². The third kappa shape index (κ3) is 3.74. The fourth-order valence-electron chi connectivity index (χ4n) is 3.10. The first kappa shape index (κ1) is 17.8. The molecule has 7 heteroatoms. The van der Waals surface area contributed by atoms with Gasteiger partial charge in [-0.25, -0.2) is 8.42 Å². The zero-order valence-corrected chi connectivity index (χ0v) is 16.1. The van der Waals surface area contributed by atoms with Crippen molar-refractivity contribution in [1.82, 2.24) is 4.90 Å². The first-order chi connectivity index (χ1) is 13.0. The number of hydrogen-bond acceptors (Lipinski definition) is 4. The van der Waals surface area contributed by atoms with Gasteiger partial charge in [0.2, 0.25) is 0 Å². The molecule has 5 nitrogen and oxygen atoms in total. The van der Waals surface area contributed by atoms with E-state index < -0.39 is 10.0 Å². The van der Waals surface area contributed by atoms with Crippen molar-refractivity contribution in [3.8, 4) is 0 Å². The van der Waals surface area contributed by atoms with E-state index in [0.717, 1.165) is 6.42 Å². The number of rotatable bonds is 4. The summed E-state index contributed by atoms with van der Waals surface area (Å²) < 4.78 is 27.3. The fourth-order valence-corrected chi connectivity index (χ4v) is 5.07. The Hall–Kier alpha value is -2.64. The number of benzene rings is 2. The maximum Gasteiger partial charge on any atom is 0.261 e. The van der Waals surface area contributed by atoms with Gasteiger partial charge in [-0.05, 0) is 59.8 Å². The van der Waals surface area contributed by atoms with E-state index in [-0.39, 0.29) is 10.8 Å². The van der Waals surface area contributed by atoms with Crippen LogP contribution in [0.5, 0.6) is 0 Å². The number of anilines is 1. The monoisotopic (exact) mass is 398 g/mol. The second-order valence-electron chi connectivity index (χ2n) is 6.34. The number of thiophene rings is 1. The summed E-state index contributed by atoms with van der Waals surface area (Å²) in [5.41, 5.74) is 2.19. The summed E-state index contributed by atoms with van der Waals surface area (Å²) in [6.07, 6.45) is 0.883. The lowest BCUT2D eigenvalue weighted by atomic mass is 10.1. The highest BCUT2D eigenvalue weighted by Crippen LogP contribution is 2.25. The highest BCUT2D eigenvalue weighted by atomic mass is 32.2. The largest absolute Gasteiger partial charge is 0.334 e. The predicted octanol–water partition coefficient (Wildman–Crippen LogP) is 3.75. The van der Waals surface area contributed by atoms with Gasteiger partial charge in [0.1, 0.15) is 0 Å². The Balaban J connectivity index is 1.47. The molecule has 138 valence electrons. The van der Waals surface area contributed by atoms with Crippen molar-refractivity contribution in [3.63, 3.8) is 0 Å². The molecule has 0 atom stereocenters. The lowest BCUT2D eigenvalue weighted by Gasteiger charge is -2.27. The van der Waals surface area contributed by atoms with E-state index >= 15 is 0 Å². The molecule has 1 amide bonds. The zero-order chi connectivity index (χ0) is 18.9. The molecule has 3 aromatic rings. The summed E-state index contributed by atoms with van der Waals surface area (Å²) in [5, 5.41) is 2.06. The number of nitrogens with zero attached hydrogens (tertiary/aromatic N) is 1. The Morgan fingerprint density at radius 3 is 2.48 bits per heavy atom. The number of nitrogens with one attached hydrogen (secondary N) is 1. The van der Waals surface area contributed by atoms with E-state index in [4.69, 9.17) is 0 Å². The zero-order valence-electron chi connectivity index (χ0n) is 14.5. The van der Waals surface area contributed by atoms with E-state index in [1.165, 1.54) is 22.6 Å². The van der Waals surface area contributed by atoms with Crippen LogP contribution < -0.4 is 4.72 Å². The van der Waals surface area contributed by atoms with Crippen LogP contribution in [0.4, 0.5) is 5.69 Å². The van der Waals surface area contributed by atoms with Crippen LogP contribution in [-0.2, 0) is 23.0 Å².